The zero-order valence-electron chi connectivity index (χ0n) is 23.8. The molecule has 3 aromatic rings. The number of aliphatic hydroxyl groups excluding tert-OH is 2. The lowest BCUT2D eigenvalue weighted by molar-refractivity contribution is -0.140. The third-order valence-electron chi connectivity index (χ3n) is 7.12. The number of nitrogens with zero attached hydrogens (tertiary/aromatic N) is 2. The number of benzene rings is 2. The molecule has 1 fully saturated rings. The van der Waals surface area contributed by atoms with Crippen LogP contribution in [0.25, 0.3) is 10.9 Å². The Balaban J connectivity index is 1.53. The molecule has 232 valence electrons. The fraction of sp³-hybridized carbons (Fsp3) is 0.433. The molecule has 3 atom stereocenters. The lowest BCUT2D eigenvalue weighted by Gasteiger charge is -2.33. The molecule has 2 aromatic carbocycles. The number of likely N-dealkylation sites (tertiary alicyclic amines) is 1. The highest BCUT2D eigenvalue weighted by atomic mass is 19.4. The van der Waals surface area contributed by atoms with E-state index in [9.17, 15) is 27.5 Å². The van der Waals surface area contributed by atoms with E-state index in [0.29, 0.717) is 41.0 Å². The molecular formula is C30H35F4N5O4. The Hall–Kier alpha value is -3.99. The van der Waals surface area contributed by atoms with Crippen LogP contribution in [0, 0.1) is 11.8 Å². The Morgan fingerprint density at radius 2 is 2.00 bits per heavy atom. The average molecular weight is 606 g/mol. The summed E-state index contributed by atoms with van der Waals surface area (Å²) in [5.41, 5.74) is 1.82. The van der Waals surface area contributed by atoms with Gasteiger partial charge in [-0.15, -0.1) is 0 Å². The first-order valence-electron chi connectivity index (χ1n) is 13.7. The van der Waals surface area contributed by atoms with Crippen LogP contribution in [-0.4, -0.2) is 97.0 Å². The maximum Gasteiger partial charge on any atom is 0.406 e. The molecule has 1 aliphatic rings. The van der Waals surface area contributed by atoms with Gasteiger partial charge in [-0.2, -0.15) is 13.2 Å². The number of amides is 1. The minimum atomic E-state index is -4.49. The number of hydrogen-bond donors (Lipinski definition) is 5. The molecule has 5 N–H and O–H groups in total. The highest BCUT2D eigenvalue weighted by molar-refractivity contribution is 5.95. The number of rotatable bonds is 10. The van der Waals surface area contributed by atoms with E-state index in [2.05, 4.69) is 27.8 Å². The molecule has 0 spiro atoms. The minimum absolute atomic E-state index is 0.0579. The van der Waals surface area contributed by atoms with E-state index >= 15 is 0 Å². The molecule has 4 rings (SSSR count). The first-order chi connectivity index (χ1) is 20.5. The van der Waals surface area contributed by atoms with Crippen molar-refractivity contribution in [1.82, 2.24) is 14.8 Å². The summed E-state index contributed by atoms with van der Waals surface area (Å²) >= 11 is 0. The number of carbonyl (C=O) groups is 1. The second-order valence-corrected chi connectivity index (χ2v) is 10.4. The van der Waals surface area contributed by atoms with E-state index in [0.717, 1.165) is 4.57 Å². The molecular weight excluding hydrogens is 570 g/mol. The van der Waals surface area contributed by atoms with E-state index in [1.807, 2.05) is 11.9 Å². The molecule has 1 amide bonds. The van der Waals surface area contributed by atoms with Crippen LogP contribution in [0.15, 0.2) is 42.5 Å². The van der Waals surface area contributed by atoms with E-state index < -0.39 is 43.6 Å². The summed E-state index contributed by atoms with van der Waals surface area (Å²) in [7, 11) is 3.26. The molecule has 0 bridgehead atoms. The Bertz CT molecular complexity index is 1480. The summed E-state index contributed by atoms with van der Waals surface area (Å²) < 4.78 is 61.8. The van der Waals surface area contributed by atoms with Crippen LogP contribution in [0.4, 0.5) is 28.9 Å². The first-order valence-corrected chi connectivity index (χ1v) is 13.7. The van der Waals surface area contributed by atoms with Gasteiger partial charge in [0.15, 0.2) is 0 Å². The number of halogens is 4. The smallest absolute Gasteiger partial charge is 0.406 e. The van der Waals surface area contributed by atoms with Crippen molar-refractivity contribution in [2.45, 2.75) is 37.5 Å². The molecule has 1 saturated heterocycles. The zero-order valence-corrected chi connectivity index (χ0v) is 23.8. The van der Waals surface area contributed by atoms with E-state index in [4.69, 9.17) is 9.84 Å². The summed E-state index contributed by atoms with van der Waals surface area (Å²) in [6.45, 7) is -0.790. The SMILES string of the molecule is COc1cc(C(=O)NC[C@@H](O)CO)ccc1NCC#Cc1cc2c(N[C@@H]3CCN(C)C[C@@H]3F)cccc2n1CC(F)(F)F. The molecule has 0 aliphatic carbocycles. The van der Waals surface area contributed by atoms with Crippen LogP contribution in [0.5, 0.6) is 5.75 Å². The van der Waals surface area contributed by atoms with Crippen LogP contribution >= 0.6 is 0 Å². The van der Waals surface area contributed by atoms with Gasteiger partial charge in [-0.25, -0.2) is 4.39 Å². The van der Waals surface area contributed by atoms with Crippen LogP contribution in [0.2, 0.25) is 0 Å². The molecule has 0 unspecified atom stereocenters. The number of aromatic nitrogens is 1. The van der Waals surface area contributed by atoms with Crippen molar-refractivity contribution >= 4 is 28.2 Å². The predicted molar refractivity (Wildman–Crippen MR) is 156 cm³/mol. The van der Waals surface area contributed by atoms with Crippen LogP contribution in [-0.2, 0) is 6.54 Å². The number of nitrogens with one attached hydrogen (secondary N) is 3. The van der Waals surface area contributed by atoms with Gasteiger partial charge in [0.05, 0.1) is 49.3 Å². The maximum atomic E-state index is 14.7. The van der Waals surface area contributed by atoms with Gasteiger partial charge in [0.25, 0.3) is 5.91 Å². The fourth-order valence-electron chi connectivity index (χ4n) is 4.91. The van der Waals surface area contributed by atoms with Crippen molar-refractivity contribution in [1.29, 1.82) is 0 Å². The summed E-state index contributed by atoms with van der Waals surface area (Å²) in [5.74, 6) is 5.55. The number of piperidine rings is 1. The molecule has 43 heavy (non-hydrogen) atoms. The monoisotopic (exact) mass is 605 g/mol. The molecule has 13 heteroatoms. The van der Waals surface area contributed by atoms with E-state index in [1.165, 1.54) is 19.2 Å². The topological polar surface area (TPSA) is 111 Å². The quantitative estimate of drug-likeness (QED) is 0.178. The lowest BCUT2D eigenvalue weighted by atomic mass is 10.0. The highest BCUT2D eigenvalue weighted by Gasteiger charge is 2.31. The number of alkyl halides is 4. The summed E-state index contributed by atoms with van der Waals surface area (Å²) in [5, 5.41) is 27.6. The predicted octanol–water partition coefficient (Wildman–Crippen LogP) is 3.21. The Labute approximate surface area is 246 Å². The standard InChI is InChI=1S/C30H35F4N5O4/c1-38-12-10-25(23(31)16-38)37-24-6-3-7-27-22(24)14-20(39(27)18-30(32,33)34)5-4-11-35-26-9-8-19(13-28(26)43-2)29(42)36-15-21(41)17-40/h3,6-9,13-14,21,23,25,35,37,40-41H,10-12,15-18H2,1-2H3,(H,36,42)/t21-,23+,25-/m1/s1. The van der Waals surface area contributed by atoms with Crippen molar-refractivity contribution in [3.8, 4) is 17.6 Å². The van der Waals surface area contributed by atoms with Gasteiger partial charge in [0.2, 0.25) is 0 Å². The number of hydrogen-bond acceptors (Lipinski definition) is 7. The number of anilines is 2. The van der Waals surface area contributed by atoms with Crippen molar-refractivity contribution in [2.75, 3.05) is 57.6 Å². The largest absolute Gasteiger partial charge is 0.495 e. The number of carbonyl (C=O) groups excluding carboxylic acids is 1. The zero-order chi connectivity index (χ0) is 31.1. The summed E-state index contributed by atoms with van der Waals surface area (Å²) in [6.07, 6.45) is -6.11. The number of ether oxygens (including phenoxy) is 1. The molecule has 0 saturated carbocycles. The Morgan fingerprint density at radius 1 is 1.21 bits per heavy atom. The van der Waals surface area contributed by atoms with Crippen molar-refractivity contribution in [3.05, 3.63) is 53.7 Å². The molecule has 0 radical (unpaired) electrons. The van der Waals surface area contributed by atoms with Crippen molar-refractivity contribution in [2.24, 2.45) is 0 Å². The number of aliphatic hydroxyl groups is 2. The third-order valence-corrected chi connectivity index (χ3v) is 7.12. The highest BCUT2D eigenvalue weighted by Crippen LogP contribution is 2.32. The molecule has 2 heterocycles. The second kappa shape index (κ2) is 14.0. The lowest BCUT2D eigenvalue weighted by Crippen LogP contribution is -2.46. The van der Waals surface area contributed by atoms with E-state index in [-0.39, 0.29) is 30.9 Å². The third kappa shape index (κ3) is 8.31. The summed E-state index contributed by atoms with van der Waals surface area (Å²) in [4.78, 5) is 14.2. The van der Waals surface area contributed by atoms with Crippen LogP contribution in [0.3, 0.4) is 0 Å². The normalized spacial score (nSPS) is 18.0. The second-order valence-electron chi connectivity index (χ2n) is 10.4. The van der Waals surface area contributed by atoms with Gasteiger partial charge in [0, 0.05) is 36.3 Å². The molecule has 1 aromatic heterocycles. The van der Waals surface area contributed by atoms with E-state index in [1.54, 1.807) is 30.3 Å². The molecule has 9 nitrogen and oxygen atoms in total. The van der Waals surface area contributed by atoms with Gasteiger partial charge >= 0.3 is 6.18 Å². The van der Waals surface area contributed by atoms with Gasteiger partial charge in [-0.1, -0.05) is 12.0 Å². The Morgan fingerprint density at radius 3 is 2.70 bits per heavy atom. The average Bonchev–Trinajstić information content (AvgIpc) is 3.31. The summed E-state index contributed by atoms with van der Waals surface area (Å²) in [6, 6.07) is 10.7. The van der Waals surface area contributed by atoms with Gasteiger partial charge in [0.1, 0.15) is 18.5 Å². The van der Waals surface area contributed by atoms with Crippen LogP contribution in [0.1, 0.15) is 22.5 Å². The fourth-order valence-corrected chi connectivity index (χ4v) is 4.91. The van der Waals surface area contributed by atoms with Crippen molar-refractivity contribution in [3.63, 3.8) is 0 Å². The van der Waals surface area contributed by atoms with Gasteiger partial charge in [-0.3, -0.25) is 4.79 Å². The first kappa shape index (κ1) is 31.9. The van der Waals surface area contributed by atoms with Crippen molar-refractivity contribution < 1.29 is 37.3 Å². The minimum Gasteiger partial charge on any atom is -0.495 e. The number of methoxy groups -OCH3 is 1. The molecule has 1 aliphatic heterocycles. The van der Waals surface area contributed by atoms with Gasteiger partial charge < -0.3 is 40.4 Å². The Kier molecular flexibility index (Phi) is 10.4. The van der Waals surface area contributed by atoms with Crippen LogP contribution < -0.4 is 20.7 Å². The maximum absolute atomic E-state index is 14.7. The van der Waals surface area contributed by atoms with Gasteiger partial charge in [-0.05, 0) is 55.8 Å². The number of fused-ring (bicyclic) bond motifs is 1.